The van der Waals surface area contributed by atoms with Crippen molar-refractivity contribution in [3.05, 3.63) is 0 Å². The second-order valence-electron chi connectivity index (χ2n) is 2.20. The Morgan fingerprint density at radius 3 is 1.23 bits per heavy atom. The SMILES string of the molecule is COP(CCCP(OC)OC)OC. The van der Waals surface area contributed by atoms with Gasteiger partial charge in [0.05, 0.1) is 0 Å². The molecule has 0 fully saturated rings. The van der Waals surface area contributed by atoms with E-state index in [9.17, 15) is 0 Å². The van der Waals surface area contributed by atoms with Crippen LogP contribution in [0.15, 0.2) is 0 Å². The van der Waals surface area contributed by atoms with Crippen LogP contribution in [0.25, 0.3) is 0 Å². The molecule has 0 aliphatic carbocycles. The molecule has 0 aliphatic heterocycles. The van der Waals surface area contributed by atoms with Crippen molar-refractivity contribution < 1.29 is 18.1 Å². The zero-order chi connectivity index (χ0) is 10.1. The summed E-state index contributed by atoms with van der Waals surface area (Å²) in [4.78, 5) is 0. The Bertz CT molecular complexity index is 94.7. The average molecular weight is 228 g/mol. The van der Waals surface area contributed by atoms with E-state index in [1.54, 1.807) is 28.4 Å². The summed E-state index contributed by atoms with van der Waals surface area (Å²) in [5, 5.41) is 0. The van der Waals surface area contributed by atoms with Crippen molar-refractivity contribution in [3.8, 4) is 0 Å². The van der Waals surface area contributed by atoms with Gasteiger partial charge in [-0.25, -0.2) is 0 Å². The van der Waals surface area contributed by atoms with Crippen molar-refractivity contribution in [2.75, 3.05) is 40.8 Å². The zero-order valence-corrected chi connectivity index (χ0v) is 10.4. The Kier molecular flexibility index (Phi) is 9.76. The van der Waals surface area contributed by atoms with Crippen LogP contribution in [0.4, 0.5) is 0 Å². The molecule has 0 atom stereocenters. The van der Waals surface area contributed by atoms with E-state index >= 15 is 0 Å². The fourth-order valence-corrected chi connectivity index (χ4v) is 2.95. The van der Waals surface area contributed by atoms with Gasteiger partial charge in [0.15, 0.2) is 16.8 Å². The fourth-order valence-electron chi connectivity index (χ4n) is 0.843. The first-order valence-electron chi connectivity index (χ1n) is 4.00. The molecule has 0 N–H and O–H groups in total. The Morgan fingerprint density at radius 1 is 0.692 bits per heavy atom. The molecule has 80 valence electrons. The van der Waals surface area contributed by atoms with Crippen molar-refractivity contribution in [3.63, 3.8) is 0 Å². The highest BCUT2D eigenvalue weighted by atomic mass is 31.2. The quantitative estimate of drug-likeness (QED) is 0.598. The van der Waals surface area contributed by atoms with Gasteiger partial charge in [0.1, 0.15) is 0 Å². The summed E-state index contributed by atoms with van der Waals surface area (Å²) >= 11 is 0. The Balaban J connectivity index is 3.41. The van der Waals surface area contributed by atoms with E-state index in [0.29, 0.717) is 0 Å². The van der Waals surface area contributed by atoms with E-state index in [1.807, 2.05) is 0 Å². The highest BCUT2D eigenvalue weighted by molar-refractivity contribution is 7.48. The van der Waals surface area contributed by atoms with Crippen LogP contribution >= 0.6 is 16.8 Å². The van der Waals surface area contributed by atoms with Gasteiger partial charge in [-0.3, -0.25) is 0 Å². The lowest BCUT2D eigenvalue weighted by Crippen LogP contribution is -1.94. The highest BCUT2D eigenvalue weighted by Crippen LogP contribution is 2.41. The van der Waals surface area contributed by atoms with Crippen molar-refractivity contribution in [2.24, 2.45) is 0 Å². The van der Waals surface area contributed by atoms with Gasteiger partial charge < -0.3 is 18.1 Å². The number of hydrogen-bond acceptors (Lipinski definition) is 4. The van der Waals surface area contributed by atoms with Crippen molar-refractivity contribution in [1.82, 2.24) is 0 Å². The van der Waals surface area contributed by atoms with Gasteiger partial charge >= 0.3 is 0 Å². The summed E-state index contributed by atoms with van der Waals surface area (Å²) in [5.41, 5.74) is 0. The lowest BCUT2D eigenvalue weighted by molar-refractivity contribution is 0.335. The van der Waals surface area contributed by atoms with Gasteiger partial charge in [0.25, 0.3) is 0 Å². The topological polar surface area (TPSA) is 36.9 Å². The van der Waals surface area contributed by atoms with E-state index in [4.69, 9.17) is 18.1 Å². The molecule has 6 heteroatoms. The van der Waals surface area contributed by atoms with Gasteiger partial charge in [0, 0.05) is 40.8 Å². The Morgan fingerprint density at radius 2 is 1.00 bits per heavy atom. The summed E-state index contributed by atoms with van der Waals surface area (Å²) in [6, 6.07) is 0. The summed E-state index contributed by atoms with van der Waals surface area (Å²) < 4.78 is 20.5. The van der Waals surface area contributed by atoms with Gasteiger partial charge in [0.2, 0.25) is 0 Å². The molecule has 0 unspecified atom stereocenters. The minimum atomic E-state index is -0.698. The molecule has 0 radical (unpaired) electrons. The molecule has 0 saturated heterocycles. The molecule has 13 heavy (non-hydrogen) atoms. The minimum Gasteiger partial charge on any atom is -0.337 e. The molecule has 0 aromatic rings. The van der Waals surface area contributed by atoms with Crippen LogP contribution < -0.4 is 0 Å². The third-order valence-electron chi connectivity index (χ3n) is 1.50. The molecule has 0 saturated carbocycles. The fraction of sp³-hybridized carbons (Fsp3) is 1.00. The zero-order valence-electron chi connectivity index (χ0n) is 8.65. The van der Waals surface area contributed by atoms with E-state index in [0.717, 1.165) is 18.7 Å². The predicted octanol–water partition coefficient (Wildman–Crippen LogP) is 2.59. The first kappa shape index (κ1) is 13.7. The molecule has 0 aromatic heterocycles. The number of hydrogen-bond donors (Lipinski definition) is 0. The molecular formula is C7H18O4P2. The second-order valence-corrected chi connectivity index (χ2v) is 5.88. The molecule has 0 bridgehead atoms. The first-order chi connectivity index (χ1) is 6.28. The third kappa shape index (κ3) is 6.73. The van der Waals surface area contributed by atoms with Crippen LogP contribution in [0.1, 0.15) is 6.42 Å². The third-order valence-corrected chi connectivity index (χ3v) is 4.49. The van der Waals surface area contributed by atoms with E-state index in [1.165, 1.54) is 0 Å². The van der Waals surface area contributed by atoms with E-state index in [2.05, 4.69) is 0 Å². The minimum absolute atomic E-state index is 0.698. The van der Waals surface area contributed by atoms with E-state index < -0.39 is 16.8 Å². The molecule has 0 heterocycles. The van der Waals surface area contributed by atoms with E-state index in [-0.39, 0.29) is 0 Å². The van der Waals surface area contributed by atoms with Gasteiger partial charge in [-0.05, 0) is 6.42 Å². The van der Waals surface area contributed by atoms with Gasteiger partial charge in [-0.15, -0.1) is 0 Å². The largest absolute Gasteiger partial charge is 0.337 e. The van der Waals surface area contributed by atoms with Crippen LogP contribution in [0.2, 0.25) is 0 Å². The molecule has 4 nitrogen and oxygen atoms in total. The molecule has 0 amide bonds. The highest BCUT2D eigenvalue weighted by Gasteiger charge is 2.10. The smallest absolute Gasteiger partial charge is 0.169 e. The molecule has 0 spiro atoms. The summed E-state index contributed by atoms with van der Waals surface area (Å²) in [6.45, 7) is 0. The van der Waals surface area contributed by atoms with Gasteiger partial charge in [-0.2, -0.15) is 0 Å². The van der Waals surface area contributed by atoms with Crippen molar-refractivity contribution in [2.45, 2.75) is 6.42 Å². The Labute approximate surface area is 82.7 Å². The van der Waals surface area contributed by atoms with Gasteiger partial charge in [-0.1, -0.05) is 0 Å². The standard InChI is InChI=1S/C7H18O4P2/c1-8-12(9-2)6-5-7-13(10-3)11-4/h5-7H2,1-4H3. The second kappa shape index (κ2) is 9.26. The Hall–Kier alpha value is 0.700. The maximum absolute atomic E-state index is 5.12. The lowest BCUT2D eigenvalue weighted by Gasteiger charge is -2.14. The molecule has 0 aliphatic rings. The summed E-state index contributed by atoms with van der Waals surface area (Å²) in [6.07, 6.45) is 2.89. The molecular weight excluding hydrogens is 210 g/mol. The maximum atomic E-state index is 5.12. The molecule has 0 rings (SSSR count). The normalized spacial score (nSPS) is 11.5. The monoisotopic (exact) mass is 228 g/mol. The van der Waals surface area contributed by atoms with Crippen LogP contribution in [-0.4, -0.2) is 40.8 Å². The average Bonchev–Trinajstić information content (AvgIpc) is 2.19. The van der Waals surface area contributed by atoms with Crippen LogP contribution in [-0.2, 0) is 18.1 Å². The number of rotatable bonds is 8. The maximum Gasteiger partial charge on any atom is 0.169 e. The van der Waals surface area contributed by atoms with Crippen LogP contribution in [0.5, 0.6) is 0 Å². The predicted molar refractivity (Wildman–Crippen MR) is 56.2 cm³/mol. The lowest BCUT2D eigenvalue weighted by atomic mass is 10.6. The van der Waals surface area contributed by atoms with Crippen LogP contribution in [0, 0.1) is 0 Å². The summed E-state index contributed by atoms with van der Waals surface area (Å²) in [7, 11) is 5.29. The van der Waals surface area contributed by atoms with Crippen LogP contribution in [0.3, 0.4) is 0 Å². The molecule has 0 aromatic carbocycles. The first-order valence-corrected chi connectivity index (χ1v) is 6.72. The van der Waals surface area contributed by atoms with Crippen molar-refractivity contribution >= 4 is 16.8 Å². The van der Waals surface area contributed by atoms with Crippen molar-refractivity contribution in [1.29, 1.82) is 0 Å². The summed E-state index contributed by atoms with van der Waals surface area (Å²) in [5.74, 6) is 0.